The van der Waals surface area contributed by atoms with Crippen LogP contribution in [0.4, 0.5) is 5.82 Å². The Labute approximate surface area is 139 Å². The van der Waals surface area contributed by atoms with E-state index in [4.69, 9.17) is 22.3 Å². The van der Waals surface area contributed by atoms with Crippen molar-refractivity contribution in [2.24, 2.45) is 0 Å². The molecule has 0 saturated carbocycles. The van der Waals surface area contributed by atoms with E-state index in [0.29, 0.717) is 10.8 Å². The van der Waals surface area contributed by atoms with E-state index in [1.54, 1.807) is 0 Å². The molecular weight excluding hydrogens is 350 g/mol. The standard InChI is InChI=1S/C16H21BrClN3/c1-5-6-13-20-14(15(19)21(13)16(2,3)4)11-8-7-10(17)9-12(11)18/h7-9H,5-6,19H2,1-4H3. The van der Waals surface area contributed by atoms with Gasteiger partial charge in [0.2, 0.25) is 0 Å². The minimum atomic E-state index is -0.109. The van der Waals surface area contributed by atoms with Gasteiger partial charge in [0.25, 0.3) is 0 Å². The fraction of sp³-hybridized carbons (Fsp3) is 0.438. The number of anilines is 1. The number of halogens is 2. The molecule has 1 heterocycles. The van der Waals surface area contributed by atoms with E-state index in [9.17, 15) is 0 Å². The van der Waals surface area contributed by atoms with Gasteiger partial charge >= 0.3 is 0 Å². The van der Waals surface area contributed by atoms with Gasteiger partial charge in [0, 0.05) is 22.0 Å². The van der Waals surface area contributed by atoms with Gasteiger partial charge in [0.05, 0.1) is 5.02 Å². The number of benzene rings is 1. The van der Waals surface area contributed by atoms with Crippen LogP contribution in [-0.2, 0) is 12.0 Å². The van der Waals surface area contributed by atoms with E-state index in [1.165, 1.54) is 0 Å². The van der Waals surface area contributed by atoms with Gasteiger partial charge in [-0.3, -0.25) is 0 Å². The molecule has 21 heavy (non-hydrogen) atoms. The third-order valence-electron chi connectivity index (χ3n) is 3.31. The van der Waals surface area contributed by atoms with Crippen LogP contribution in [0.3, 0.4) is 0 Å². The first-order valence-corrected chi connectivity index (χ1v) is 8.25. The summed E-state index contributed by atoms with van der Waals surface area (Å²) in [5.41, 5.74) is 7.92. The van der Waals surface area contributed by atoms with Gasteiger partial charge in [-0.15, -0.1) is 0 Å². The summed E-state index contributed by atoms with van der Waals surface area (Å²) in [6, 6.07) is 5.77. The van der Waals surface area contributed by atoms with E-state index in [2.05, 4.69) is 48.2 Å². The van der Waals surface area contributed by atoms with Crippen molar-refractivity contribution >= 4 is 33.3 Å². The molecule has 114 valence electrons. The van der Waals surface area contributed by atoms with Crippen LogP contribution >= 0.6 is 27.5 Å². The number of nitrogens with zero attached hydrogens (tertiary/aromatic N) is 2. The van der Waals surface area contributed by atoms with Crippen LogP contribution in [0.2, 0.25) is 5.02 Å². The lowest BCUT2D eigenvalue weighted by atomic mass is 10.1. The summed E-state index contributed by atoms with van der Waals surface area (Å²) >= 11 is 9.78. The van der Waals surface area contributed by atoms with Gasteiger partial charge in [-0.2, -0.15) is 0 Å². The summed E-state index contributed by atoms with van der Waals surface area (Å²) in [4.78, 5) is 4.76. The molecule has 2 N–H and O–H groups in total. The van der Waals surface area contributed by atoms with E-state index in [1.807, 2.05) is 18.2 Å². The maximum atomic E-state index is 6.39. The predicted octanol–water partition coefficient (Wildman–Crippen LogP) is 5.26. The Balaban J connectivity index is 2.65. The minimum absolute atomic E-state index is 0.109. The molecular formula is C16H21BrClN3. The van der Waals surface area contributed by atoms with Crippen molar-refractivity contribution in [1.29, 1.82) is 0 Å². The molecule has 0 spiro atoms. The van der Waals surface area contributed by atoms with Gasteiger partial charge in [-0.05, 0) is 39.3 Å². The van der Waals surface area contributed by atoms with Crippen molar-refractivity contribution in [1.82, 2.24) is 9.55 Å². The van der Waals surface area contributed by atoms with Crippen molar-refractivity contribution in [3.05, 3.63) is 33.5 Å². The van der Waals surface area contributed by atoms with Crippen LogP contribution in [0, 0.1) is 0 Å². The van der Waals surface area contributed by atoms with E-state index >= 15 is 0 Å². The number of hydrogen-bond donors (Lipinski definition) is 1. The van der Waals surface area contributed by atoms with Crippen molar-refractivity contribution in [3.63, 3.8) is 0 Å². The molecule has 1 aromatic carbocycles. The van der Waals surface area contributed by atoms with Crippen LogP contribution in [0.5, 0.6) is 0 Å². The van der Waals surface area contributed by atoms with Crippen molar-refractivity contribution in [2.45, 2.75) is 46.1 Å². The van der Waals surface area contributed by atoms with Crippen LogP contribution in [0.15, 0.2) is 22.7 Å². The van der Waals surface area contributed by atoms with Gasteiger partial charge < -0.3 is 10.3 Å². The monoisotopic (exact) mass is 369 g/mol. The summed E-state index contributed by atoms with van der Waals surface area (Å²) < 4.78 is 3.06. The van der Waals surface area contributed by atoms with E-state index in [-0.39, 0.29) is 5.54 Å². The third kappa shape index (κ3) is 3.27. The quantitative estimate of drug-likeness (QED) is 0.801. The number of hydrogen-bond acceptors (Lipinski definition) is 2. The highest BCUT2D eigenvalue weighted by atomic mass is 79.9. The Hall–Kier alpha value is -1.00. The first-order chi connectivity index (χ1) is 9.75. The molecule has 1 aromatic heterocycles. The number of nitrogen functional groups attached to an aromatic ring is 1. The predicted molar refractivity (Wildman–Crippen MR) is 93.8 cm³/mol. The smallest absolute Gasteiger partial charge is 0.132 e. The number of rotatable bonds is 3. The Bertz CT molecular complexity index is 656. The second-order valence-electron chi connectivity index (χ2n) is 6.14. The zero-order valence-corrected chi connectivity index (χ0v) is 15.2. The largest absolute Gasteiger partial charge is 0.383 e. The highest BCUT2D eigenvalue weighted by Gasteiger charge is 2.24. The van der Waals surface area contributed by atoms with Crippen molar-refractivity contribution < 1.29 is 0 Å². The molecule has 5 heteroatoms. The Kier molecular flexibility index (Phi) is 4.69. The Morgan fingerprint density at radius 3 is 2.52 bits per heavy atom. The molecule has 0 aliphatic rings. The van der Waals surface area contributed by atoms with Crippen LogP contribution < -0.4 is 5.73 Å². The average molecular weight is 371 g/mol. The van der Waals surface area contributed by atoms with Gasteiger partial charge in [-0.1, -0.05) is 40.5 Å². The van der Waals surface area contributed by atoms with Crippen molar-refractivity contribution in [3.8, 4) is 11.3 Å². The molecule has 0 unspecified atom stereocenters. The molecule has 0 aliphatic heterocycles. The maximum Gasteiger partial charge on any atom is 0.132 e. The first-order valence-electron chi connectivity index (χ1n) is 7.08. The summed E-state index contributed by atoms with van der Waals surface area (Å²) in [6.07, 6.45) is 1.93. The number of imidazole rings is 1. The molecule has 0 saturated heterocycles. The van der Waals surface area contributed by atoms with E-state index < -0.39 is 0 Å². The molecule has 0 bridgehead atoms. The van der Waals surface area contributed by atoms with Crippen LogP contribution in [0.25, 0.3) is 11.3 Å². The second-order valence-corrected chi connectivity index (χ2v) is 7.47. The second kappa shape index (κ2) is 6.01. The number of aromatic nitrogens is 2. The fourth-order valence-electron chi connectivity index (χ4n) is 2.50. The van der Waals surface area contributed by atoms with Crippen LogP contribution in [0.1, 0.15) is 39.9 Å². The fourth-order valence-corrected chi connectivity index (χ4v) is 3.26. The maximum absolute atomic E-state index is 6.39. The zero-order valence-electron chi connectivity index (χ0n) is 12.9. The lowest BCUT2D eigenvalue weighted by Gasteiger charge is -2.25. The highest BCUT2D eigenvalue weighted by Crippen LogP contribution is 2.36. The Morgan fingerprint density at radius 1 is 1.33 bits per heavy atom. The van der Waals surface area contributed by atoms with Crippen molar-refractivity contribution in [2.75, 3.05) is 5.73 Å². The summed E-state index contributed by atoms with van der Waals surface area (Å²) in [5, 5.41) is 0.651. The van der Waals surface area contributed by atoms with Gasteiger partial charge in [0.15, 0.2) is 0 Å². The highest BCUT2D eigenvalue weighted by molar-refractivity contribution is 9.10. The molecule has 0 fully saturated rings. The number of nitrogens with two attached hydrogens (primary N) is 1. The minimum Gasteiger partial charge on any atom is -0.383 e. The molecule has 2 rings (SSSR count). The summed E-state index contributed by atoms with van der Waals surface area (Å²) in [6.45, 7) is 8.55. The topological polar surface area (TPSA) is 43.8 Å². The molecule has 0 aliphatic carbocycles. The third-order valence-corrected chi connectivity index (χ3v) is 4.12. The van der Waals surface area contributed by atoms with Crippen LogP contribution in [-0.4, -0.2) is 9.55 Å². The first kappa shape index (κ1) is 16.4. The lowest BCUT2D eigenvalue weighted by Crippen LogP contribution is -2.25. The molecule has 3 nitrogen and oxygen atoms in total. The van der Waals surface area contributed by atoms with E-state index in [0.717, 1.165) is 34.4 Å². The molecule has 0 atom stereocenters. The summed E-state index contributed by atoms with van der Waals surface area (Å²) in [7, 11) is 0. The van der Waals surface area contributed by atoms with Gasteiger partial charge in [-0.25, -0.2) is 4.98 Å². The lowest BCUT2D eigenvalue weighted by molar-refractivity contribution is 0.387. The Morgan fingerprint density at radius 2 is 2.00 bits per heavy atom. The molecule has 0 radical (unpaired) electrons. The van der Waals surface area contributed by atoms with Gasteiger partial charge in [0.1, 0.15) is 17.3 Å². The SMILES string of the molecule is CCCc1nc(-c2ccc(Br)cc2Cl)c(N)n1C(C)(C)C. The average Bonchev–Trinajstić information content (AvgIpc) is 2.66. The normalized spacial score (nSPS) is 11.9. The summed E-state index contributed by atoms with van der Waals surface area (Å²) in [5.74, 6) is 1.69. The molecule has 0 amide bonds. The number of aryl methyl sites for hydroxylation is 1. The zero-order chi connectivity index (χ0) is 15.8. The molecule has 2 aromatic rings.